The molecule has 4 rings (SSSR count). The number of halogens is 3. The Morgan fingerprint density at radius 3 is 2.23 bits per heavy atom. The van der Waals surface area contributed by atoms with Gasteiger partial charge >= 0.3 is 6.18 Å². The van der Waals surface area contributed by atoms with E-state index in [1.165, 1.54) is 17.9 Å². The number of nitrogens with one attached hydrogen (secondary N) is 1. The van der Waals surface area contributed by atoms with Crippen LogP contribution in [-0.4, -0.2) is 32.3 Å². The first kappa shape index (κ1) is 23.4. The molecule has 2 aromatic carbocycles. The van der Waals surface area contributed by atoms with E-state index in [2.05, 4.69) is 15.4 Å². The Hall–Kier alpha value is -4.72. The van der Waals surface area contributed by atoms with E-state index in [4.69, 9.17) is 5.26 Å². The van der Waals surface area contributed by atoms with Crippen LogP contribution in [0.1, 0.15) is 27.3 Å². The molecule has 0 unspecified atom stereocenters. The van der Waals surface area contributed by atoms with Crippen molar-refractivity contribution >= 4 is 5.91 Å². The molecule has 0 aliphatic rings. The number of hydrogen-bond acceptors (Lipinski definition) is 5. The molecule has 1 N–H and O–H groups in total. The molecule has 0 atom stereocenters. The number of nitrogens with zero attached hydrogens (tertiary/aromatic N) is 5. The maximum Gasteiger partial charge on any atom is 0.416 e. The van der Waals surface area contributed by atoms with E-state index in [1.54, 1.807) is 37.3 Å². The minimum atomic E-state index is -4.54. The molecular formula is C24H17F3N6O2. The minimum absolute atomic E-state index is 0.138. The number of aromatic nitrogens is 4. The summed E-state index contributed by atoms with van der Waals surface area (Å²) < 4.78 is 41.8. The number of carbonyl (C=O) groups excluding carboxylic acids is 1. The van der Waals surface area contributed by atoms with Crippen LogP contribution in [0, 0.1) is 18.3 Å². The Labute approximate surface area is 196 Å². The topological polar surface area (TPSA) is 106 Å². The van der Waals surface area contributed by atoms with E-state index in [9.17, 15) is 22.8 Å². The average molecular weight is 478 g/mol. The largest absolute Gasteiger partial charge is 0.416 e. The van der Waals surface area contributed by atoms with Gasteiger partial charge in [-0.15, -0.1) is 0 Å². The highest BCUT2D eigenvalue weighted by Gasteiger charge is 2.30. The van der Waals surface area contributed by atoms with Gasteiger partial charge in [-0.1, -0.05) is 0 Å². The van der Waals surface area contributed by atoms with Gasteiger partial charge in [0.2, 0.25) is 0 Å². The lowest BCUT2D eigenvalue weighted by Gasteiger charge is -2.17. The van der Waals surface area contributed by atoms with E-state index in [0.29, 0.717) is 16.9 Å². The fraction of sp³-hybridized carbons (Fsp3) is 0.125. The summed E-state index contributed by atoms with van der Waals surface area (Å²) >= 11 is 0. The molecule has 1 amide bonds. The number of benzene rings is 2. The van der Waals surface area contributed by atoms with Crippen molar-refractivity contribution in [3.8, 4) is 28.8 Å². The van der Waals surface area contributed by atoms with Crippen LogP contribution in [-0.2, 0) is 6.18 Å². The van der Waals surface area contributed by atoms with Crippen LogP contribution in [0.15, 0.2) is 65.6 Å². The quantitative estimate of drug-likeness (QED) is 0.482. The second kappa shape index (κ2) is 8.90. The standard InChI is InChI=1S/C24H17F3N6O2/c1-14-20(19-11-12-30-33(19)18-7-3-15(13-28)4-8-18)31-21(22(34)29-2)23(35)32(14)17-9-5-16(6-10-17)24(25,26)27/h3-12H,1-2H3,(H,29,34). The first-order valence-corrected chi connectivity index (χ1v) is 10.2. The molecular weight excluding hydrogens is 461 g/mol. The Kier molecular flexibility index (Phi) is 5.96. The molecule has 35 heavy (non-hydrogen) atoms. The fourth-order valence-electron chi connectivity index (χ4n) is 3.59. The highest BCUT2D eigenvalue weighted by Crippen LogP contribution is 2.30. The third-order valence-electron chi connectivity index (χ3n) is 5.33. The summed E-state index contributed by atoms with van der Waals surface area (Å²) in [5.41, 5.74) is 0.0510. The van der Waals surface area contributed by atoms with Gasteiger partial charge in [0.15, 0.2) is 5.69 Å². The summed E-state index contributed by atoms with van der Waals surface area (Å²) in [5, 5.41) is 15.7. The Bertz CT molecular complexity index is 1510. The molecule has 2 heterocycles. The zero-order chi connectivity index (χ0) is 25.3. The van der Waals surface area contributed by atoms with Crippen molar-refractivity contribution in [3.05, 3.63) is 93.7 Å². The summed E-state index contributed by atoms with van der Waals surface area (Å²) in [7, 11) is 1.34. The molecule has 0 aliphatic heterocycles. The lowest BCUT2D eigenvalue weighted by atomic mass is 10.1. The molecule has 0 saturated heterocycles. The molecule has 4 aromatic rings. The number of carbonyl (C=O) groups is 1. The monoisotopic (exact) mass is 478 g/mol. The predicted octanol–water partition coefficient (Wildman–Crippen LogP) is 3.64. The summed E-state index contributed by atoms with van der Waals surface area (Å²) in [5.74, 6) is -0.749. The Morgan fingerprint density at radius 2 is 1.66 bits per heavy atom. The maximum absolute atomic E-state index is 13.2. The van der Waals surface area contributed by atoms with Crippen molar-refractivity contribution in [3.63, 3.8) is 0 Å². The fourth-order valence-corrected chi connectivity index (χ4v) is 3.59. The van der Waals surface area contributed by atoms with E-state index in [1.807, 2.05) is 6.07 Å². The number of nitriles is 1. The number of rotatable bonds is 4. The second-order valence-corrected chi connectivity index (χ2v) is 7.45. The second-order valence-electron chi connectivity index (χ2n) is 7.45. The van der Waals surface area contributed by atoms with Crippen LogP contribution in [0.4, 0.5) is 13.2 Å². The summed E-state index contributed by atoms with van der Waals surface area (Å²) in [4.78, 5) is 30.0. The van der Waals surface area contributed by atoms with Gasteiger partial charge in [0.1, 0.15) is 5.69 Å². The van der Waals surface area contributed by atoms with Crippen LogP contribution in [0.25, 0.3) is 22.8 Å². The summed E-state index contributed by atoms with van der Waals surface area (Å²) in [6.07, 6.45) is -3.04. The molecule has 0 saturated carbocycles. The first-order chi connectivity index (χ1) is 16.7. The average Bonchev–Trinajstić information content (AvgIpc) is 3.33. The van der Waals surface area contributed by atoms with Gasteiger partial charge in [0.25, 0.3) is 11.5 Å². The lowest BCUT2D eigenvalue weighted by molar-refractivity contribution is -0.137. The molecule has 0 spiro atoms. The molecule has 11 heteroatoms. The van der Waals surface area contributed by atoms with Crippen LogP contribution >= 0.6 is 0 Å². The van der Waals surface area contributed by atoms with Gasteiger partial charge < -0.3 is 5.32 Å². The third-order valence-corrected chi connectivity index (χ3v) is 5.33. The first-order valence-electron chi connectivity index (χ1n) is 10.2. The third kappa shape index (κ3) is 4.29. The summed E-state index contributed by atoms with van der Waals surface area (Å²) in [6, 6.07) is 14.3. The SMILES string of the molecule is CNC(=O)c1nc(-c2ccnn2-c2ccc(C#N)cc2)c(C)n(-c2ccc(C(F)(F)F)cc2)c1=O. The summed E-state index contributed by atoms with van der Waals surface area (Å²) in [6.45, 7) is 1.57. The Morgan fingerprint density at radius 1 is 1.03 bits per heavy atom. The van der Waals surface area contributed by atoms with Gasteiger partial charge in [-0.05, 0) is 61.5 Å². The van der Waals surface area contributed by atoms with Gasteiger partial charge in [0, 0.05) is 12.7 Å². The van der Waals surface area contributed by atoms with Gasteiger partial charge in [-0.2, -0.15) is 23.5 Å². The lowest BCUT2D eigenvalue weighted by Crippen LogP contribution is -2.34. The normalized spacial score (nSPS) is 11.2. The van der Waals surface area contributed by atoms with Gasteiger partial charge in [-0.25, -0.2) is 9.67 Å². The van der Waals surface area contributed by atoms with Gasteiger partial charge in [0.05, 0.1) is 40.5 Å². The van der Waals surface area contributed by atoms with E-state index >= 15 is 0 Å². The van der Waals surface area contributed by atoms with E-state index < -0.39 is 28.9 Å². The van der Waals surface area contributed by atoms with Crippen molar-refractivity contribution in [1.29, 1.82) is 5.26 Å². The molecule has 176 valence electrons. The molecule has 2 aromatic heterocycles. The van der Waals surface area contributed by atoms with Crippen molar-refractivity contribution in [2.24, 2.45) is 0 Å². The van der Waals surface area contributed by atoms with Crippen LogP contribution in [0.5, 0.6) is 0 Å². The Balaban J connectivity index is 1.95. The van der Waals surface area contributed by atoms with Crippen molar-refractivity contribution < 1.29 is 18.0 Å². The number of amides is 1. The van der Waals surface area contributed by atoms with Crippen molar-refractivity contribution in [2.45, 2.75) is 13.1 Å². The van der Waals surface area contributed by atoms with Crippen LogP contribution in [0.3, 0.4) is 0 Å². The highest BCUT2D eigenvalue weighted by molar-refractivity contribution is 5.92. The number of hydrogen-bond donors (Lipinski definition) is 1. The highest BCUT2D eigenvalue weighted by atomic mass is 19.4. The molecule has 0 fully saturated rings. The predicted molar refractivity (Wildman–Crippen MR) is 120 cm³/mol. The smallest absolute Gasteiger partial charge is 0.354 e. The van der Waals surface area contributed by atoms with Gasteiger partial charge in [-0.3, -0.25) is 14.2 Å². The minimum Gasteiger partial charge on any atom is -0.354 e. The molecule has 8 nitrogen and oxygen atoms in total. The number of alkyl halides is 3. The molecule has 0 aliphatic carbocycles. The van der Waals surface area contributed by atoms with E-state index in [0.717, 1.165) is 28.8 Å². The zero-order valence-electron chi connectivity index (χ0n) is 18.5. The van der Waals surface area contributed by atoms with Crippen molar-refractivity contribution in [2.75, 3.05) is 7.05 Å². The zero-order valence-corrected chi connectivity index (χ0v) is 18.5. The molecule has 0 radical (unpaired) electrons. The van der Waals surface area contributed by atoms with E-state index in [-0.39, 0.29) is 17.1 Å². The van der Waals surface area contributed by atoms with Crippen LogP contribution in [0.2, 0.25) is 0 Å². The maximum atomic E-state index is 13.2. The van der Waals surface area contributed by atoms with Crippen molar-refractivity contribution in [1.82, 2.24) is 24.6 Å². The molecule has 0 bridgehead atoms. The van der Waals surface area contributed by atoms with Crippen LogP contribution < -0.4 is 10.9 Å².